The highest BCUT2D eigenvalue weighted by molar-refractivity contribution is 5.17. The zero-order valence-electron chi connectivity index (χ0n) is 13.5. The highest BCUT2D eigenvalue weighted by atomic mass is 16.5. The fraction of sp³-hybridized carbons (Fsp3) is 0.733. The quantitative estimate of drug-likeness (QED) is 0.627. The minimum Gasteiger partial charge on any atom is -0.461 e. The van der Waals surface area contributed by atoms with Gasteiger partial charge in [-0.05, 0) is 13.3 Å². The van der Waals surface area contributed by atoms with Crippen molar-refractivity contribution in [3.63, 3.8) is 0 Å². The number of aromatic nitrogens is 2. The van der Waals surface area contributed by atoms with Gasteiger partial charge < -0.3 is 19.5 Å². The van der Waals surface area contributed by atoms with Crippen molar-refractivity contribution in [3.05, 3.63) is 17.5 Å². The van der Waals surface area contributed by atoms with E-state index in [-0.39, 0.29) is 0 Å². The lowest BCUT2D eigenvalue weighted by Gasteiger charge is -2.11. The first-order chi connectivity index (χ1) is 10.1. The van der Waals surface area contributed by atoms with E-state index in [9.17, 15) is 0 Å². The number of aryl methyl sites for hydroxylation is 1. The highest BCUT2D eigenvalue weighted by Crippen LogP contribution is 2.08. The molecule has 1 heterocycles. The van der Waals surface area contributed by atoms with Gasteiger partial charge in [-0.15, -0.1) is 0 Å². The van der Waals surface area contributed by atoms with E-state index in [2.05, 4.69) is 29.1 Å². The molecular weight excluding hydrogens is 270 g/mol. The third kappa shape index (κ3) is 7.94. The van der Waals surface area contributed by atoms with Gasteiger partial charge in [0.1, 0.15) is 6.61 Å². The molecule has 6 heteroatoms. The van der Waals surface area contributed by atoms with Crippen LogP contribution in [0, 0.1) is 6.92 Å². The van der Waals surface area contributed by atoms with E-state index in [4.69, 9.17) is 14.2 Å². The monoisotopic (exact) mass is 297 g/mol. The Hall–Kier alpha value is -1.24. The first kappa shape index (κ1) is 17.8. The zero-order valence-corrected chi connectivity index (χ0v) is 13.5. The highest BCUT2D eigenvalue weighted by Gasteiger charge is 2.05. The molecular formula is C15H27N3O3. The molecule has 1 N–H and O–H groups in total. The van der Waals surface area contributed by atoms with Crippen LogP contribution < -0.4 is 10.1 Å². The maximum Gasteiger partial charge on any atom is 0.316 e. The molecule has 120 valence electrons. The Balaban J connectivity index is 2.25. The predicted octanol–water partition coefficient (Wildman–Crippen LogP) is 1.71. The van der Waals surface area contributed by atoms with Crippen molar-refractivity contribution < 1.29 is 14.2 Å². The molecule has 0 aliphatic rings. The number of hydrogen-bond donors (Lipinski definition) is 1. The standard InChI is InChI=1S/C15H27N3O3/c1-12(2)16-10-14-11-17-15(18-13(14)3)21-9-8-20-7-5-6-19-4/h11-12,16H,5-10H2,1-4H3. The number of rotatable bonds is 11. The van der Waals surface area contributed by atoms with Crippen LogP contribution in [0.25, 0.3) is 0 Å². The van der Waals surface area contributed by atoms with E-state index in [1.165, 1.54) is 0 Å². The summed E-state index contributed by atoms with van der Waals surface area (Å²) < 4.78 is 15.8. The molecule has 0 aliphatic heterocycles. The Morgan fingerprint density at radius 1 is 1.19 bits per heavy atom. The van der Waals surface area contributed by atoms with E-state index >= 15 is 0 Å². The molecule has 0 atom stereocenters. The summed E-state index contributed by atoms with van der Waals surface area (Å²) >= 11 is 0. The topological polar surface area (TPSA) is 65.5 Å². The zero-order chi connectivity index (χ0) is 15.5. The molecule has 1 aromatic rings. The molecule has 0 saturated carbocycles. The summed E-state index contributed by atoms with van der Waals surface area (Å²) in [6.07, 6.45) is 2.70. The van der Waals surface area contributed by atoms with E-state index in [0.29, 0.717) is 31.9 Å². The van der Waals surface area contributed by atoms with Gasteiger partial charge in [-0.1, -0.05) is 13.8 Å². The van der Waals surface area contributed by atoms with Gasteiger partial charge in [-0.2, -0.15) is 0 Å². The van der Waals surface area contributed by atoms with E-state index in [0.717, 1.165) is 30.8 Å². The molecule has 0 bridgehead atoms. The first-order valence-corrected chi connectivity index (χ1v) is 7.39. The van der Waals surface area contributed by atoms with Gasteiger partial charge in [0.15, 0.2) is 0 Å². The third-order valence-corrected chi connectivity index (χ3v) is 2.86. The van der Waals surface area contributed by atoms with Crippen LogP contribution in [0.5, 0.6) is 6.01 Å². The van der Waals surface area contributed by atoms with Gasteiger partial charge in [-0.25, -0.2) is 9.97 Å². The van der Waals surface area contributed by atoms with E-state index in [1.807, 2.05) is 13.1 Å². The molecule has 0 saturated heterocycles. The lowest BCUT2D eigenvalue weighted by Crippen LogP contribution is -2.22. The first-order valence-electron chi connectivity index (χ1n) is 7.39. The van der Waals surface area contributed by atoms with Crippen LogP contribution in [0.3, 0.4) is 0 Å². The van der Waals surface area contributed by atoms with Crippen LogP contribution in [0.1, 0.15) is 31.5 Å². The number of methoxy groups -OCH3 is 1. The van der Waals surface area contributed by atoms with Crippen LogP contribution in [-0.2, 0) is 16.0 Å². The van der Waals surface area contributed by atoms with Gasteiger partial charge in [0, 0.05) is 50.4 Å². The molecule has 21 heavy (non-hydrogen) atoms. The van der Waals surface area contributed by atoms with Crippen LogP contribution in [0.4, 0.5) is 0 Å². The molecule has 0 aliphatic carbocycles. The number of hydrogen-bond acceptors (Lipinski definition) is 6. The van der Waals surface area contributed by atoms with Crippen molar-refractivity contribution >= 4 is 0 Å². The fourth-order valence-electron chi connectivity index (χ4n) is 1.63. The summed E-state index contributed by atoms with van der Waals surface area (Å²) in [6, 6.07) is 0.844. The maximum absolute atomic E-state index is 5.48. The summed E-state index contributed by atoms with van der Waals surface area (Å²) in [4.78, 5) is 8.57. The summed E-state index contributed by atoms with van der Waals surface area (Å²) in [5.41, 5.74) is 2.03. The van der Waals surface area contributed by atoms with Crippen molar-refractivity contribution in [2.75, 3.05) is 33.5 Å². The van der Waals surface area contributed by atoms with Gasteiger partial charge in [0.05, 0.1) is 6.61 Å². The second-order valence-corrected chi connectivity index (χ2v) is 5.11. The summed E-state index contributed by atoms with van der Waals surface area (Å²) in [5.74, 6) is 0. The average Bonchev–Trinajstić information content (AvgIpc) is 2.45. The van der Waals surface area contributed by atoms with Gasteiger partial charge >= 0.3 is 6.01 Å². The van der Waals surface area contributed by atoms with Crippen molar-refractivity contribution in [1.29, 1.82) is 0 Å². The third-order valence-electron chi connectivity index (χ3n) is 2.86. The van der Waals surface area contributed by atoms with E-state index in [1.54, 1.807) is 7.11 Å². The van der Waals surface area contributed by atoms with Gasteiger partial charge in [0.2, 0.25) is 0 Å². The Bertz CT molecular complexity index is 400. The average molecular weight is 297 g/mol. The molecule has 0 aromatic carbocycles. The molecule has 0 fully saturated rings. The normalized spacial score (nSPS) is 11.1. The van der Waals surface area contributed by atoms with Crippen LogP contribution in [0.2, 0.25) is 0 Å². The Labute approximate surface area is 127 Å². The fourth-order valence-corrected chi connectivity index (χ4v) is 1.63. The molecule has 0 amide bonds. The van der Waals surface area contributed by atoms with Crippen LogP contribution in [-0.4, -0.2) is 49.5 Å². The lowest BCUT2D eigenvalue weighted by molar-refractivity contribution is 0.0782. The molecule has 0 radical (unpaired) electrons. The Morgan fingerprint density at radius 2 is 2.00 bits per heavy atom. The number of nitrogens with one attached hydrogen (secondary N) is 1. The Morgan fingerprint density at radius 3 is 2.67 bits per heavy atom. The number of nitrogens with zero attached hydrogens (tertiary/aromatic N) is 2. The van der Waals surface area contributed by atoms with Crippen molar-refractivity contribution in [2.45, 2.75) is 39.8 Å². The smallest absolute Gasteiger partial charge is 0.316 e. The largest absolute Gasteiger partial charge is 0.461 e. The SMILES string of the molecule is COCCCOCCOc1ncc(CNC(C)C)c(C)n1. The second-order valence-electron chi connectivity index (χ2n) is 5.11. The maximum atomic E-state index is 5.48. The van der Waals surface area contributed by atoms with Crippen LogP contribution >= 0.6 is 0 Å². The van der Waals surface area contributed by atoms with Crippen molar-refractivity contribution in [1.82, 2.24) is 15.3 Å². The summed E-state index contributed by atoms with van der Waals surface area (Å²) in [5, 5.41) is 3.35. The minimum absolute atomic E-state index is 0.404. The van der Waals surface area contributed by atoms with Crippen molar-refractivity contribution in [3.8, 4) is 6.01 Å². The second kappa shape index (κ2) is 10.5. The Kier molecular flexibility index (Phi) is 8.89. The minimum atomic E-state index is 0.404. The van der Waals surface area contributed by atoms with Gasteiger partial charge in [0.25, 0.3) is 0 Å². The number of ether oxygens (including phenoxy) is 3. The van der Waals surface area contributed by atoms with E-state index < -0.39 is 0 Å². The summed E-state index contributed by atoms with van der Waals surface area (Å²) in [7, 11) is 1.68. The molecule has 1 rings (SSSR count). The molecule has 0 unspecified atom stereocenters. The lowest BCUT2D eigenvalue weighted by atomic mass is 10.2. The molecule has 0 spiro atoms. The van der Waals surface area contributed by atoms with Crippen molar-refractivity contribution in [2.24, 2.45) is 0 Å². The van der Waals surface area contributed by atoms with Crippen LogP contribution in [0.15, 0.2) is 6.20 Å². The molecule has 1 aromatic heterocycles. The summed E-state index contributed by atoms with van der Waals surface area (Å²) in [6.45, 7) is 9.34. The molecule has 6 nitrogen and oxygen atoms in total. The predicted molar refractivity (Wildman–Crippen MR) is 81.6 cm³/mol. The van der Waals surface area contributed by atoms with Gasteiger partial charge in [-0.3, -0.25) is 0 Å².